The Hall–Kier alpha value is -2.24. The summed E-state index contributed by atoms with van der Waals surface area (Å²) in [4.78, 5) is 16.0. The molecular formula is C13H18N4O2. The van der Waals surface area contributed by atoms with E-state index in [-0.39, 0.29) is 11.9 Å². The molecule has 2 aromatic rings. The van der Waals surface area contributed by atoms with Crippen LogP contribution in [0.1, 0.15) is 20.8 Å². The summed E-state index contributed by atoms with van der Waals surface area (Å²) in [5, 5.41) is 5.74. The van der Waals surface area contributed by atoms with Gasteiger partial charge < -0.3 is 20.8 Å². The summed E-state index contributed by atoms with van der Waals surface area (Å²) in [6.07, 6.45) is 0. The molecule has 1 atom stereocenters. The number of carbonyl (C=O) groups is 1. The molecule has 1 heterocycles. The lowest BCUT2D eigenvalue weighted by Crippen LogP contribution is -2.41. The summed E-state index contributed by atoms with van der Waals surface area (Å²) in [5.74, 6) is -0.100. The van der Waals surface area contributed by atoms with Gasteiger partial charge in [0, 0.05) is 11.7 Å². The van der Waals surface area contributed by atoms with Crippen LogP contribution in [0.5, 0.6) is 0 Å². The van der Waals surface area contributed by atoms with Gasteiger partial charge >= 0.3 is 0 Å². The van der Waals surface area contributed by atoms with Crippen LogP contribution in [0.2, 0.25) is 0 Å². The van der Waals surface area contributed by atoms with Crippen LogP contribution in [0.25, 0.3) is 11.1 Å². The predicted molar refractivity (Wildman–Crippen MR) is 74.8 cm³/mol. The smallest absolute Gasteiger partial charge is 0.296 e. The number of oxazole rings is 1. The second-order valence-electron chi connectivity index (χ2n) is 4.78. The number of fused-ring (bicyclic) bond motifs is 1. The van der Waals surface area contributed by atoms with Crippen LogP contribution in [0, 0.1) is 0 Å². The minimum atomic E-state index is -0.423. The Morgan fingerprint density at radius 1 is 1.37 bits per heavy atom. The van der Waals surface area contributed by atoms with Crippen LogP contribution in [0.4, 0.5) is 11.7 Å². The van der Waals surface area contributed by atoms with Crippen molar-refractivity contribution >= 4 is 28.7 Å². The average molecular weight is 262 g/mol. The van der Waals surface area contributed by atoms with E-state index in [1.54, 1.807) is 25.1 Å². The maximum Gasteiger partial charge on any atom is 0.296 e. The third-order valence-corrected chi connectivity index (χ3v) is 2.58. The van der Waals surface area contributed by atoms with Gasteiger partial charge in [-0.1, -0.05) is 0 Å². The number of hydrogen-bond acceptors (Lipinski definition) is 5. The largest absolute Gasteiger partial charge is 0.424 e. The molecule has 0 spiro atoms. The van der Waals surface area contributed by atoms with Gasteiger partial charge in [-0.05, 0) is 39.0 Å². The van der Waals surface area contributed by atoms with Gasteiger partial charge in [-0.15, -0.1) is 0 Å². The lowest BCUT2D eigenvalue weighted by Gasteiger charge is -2.14. The van der Waals surface area contributed by atoms with E-state index >= 15 is 0 Å². The number of aromatic nitrogens is 1. The number of carbonyl (C=O) groups excluding carboxylic acids is 1. The van der Waals surface area contributed by atoms with E-state index in [0.717, 1.165) is 0 Å². The fourth-order valence-corrected chi connectivity index (χ4v) is 1.67. The first-order chi connectivity index (χ1) is 8.95. The molecule has 0 aliphatic rings. The number of hydrogen-bond donors (Lipinski definition) is 3. The highest BCUT2D eigenvalue weighted by Crippen LogP contribution is 2.21. The number of anilines is 2. The molecule has 19 heavy (non-hydrogen) atoms. The molecule has 6 heteroatoms. The second kappa shape index (κ2) is 5.17. The van der Waals surface area contributed by atoms with Crippen molar-refractivity contribution in [2.24, 2.45) is 0 Å². The highest BCUT2D eigenvalue weighted by molar-refractivity contribution is 5.84. The number of nitrogen functional groups attached to an aromatic ring is 1. The minimum absolute atomic E-state index is 0.0974. The van der Waals surface area contributed by atoms with E-state index in [4.69, 9.17) is 10.2 Å². The first-order valence-electron chi connectivity index (χ1n) is 6.18. The standard InChI is InChI=1S/C13H18N4O2/c1-7(2)15-12(18)8(3)16-13-17-10-6-9(14)4-5-11(10)19-13/h4-8H,14H2,1-3H3,(H,15,18)(H,16,17). The Morgan fingerprint density at radius 2 is 2.11 bits per heavy atom. The molecule has 102 valence electrons. The van der Waals surface area contributed by atoms with Gasteiger partial charge in [0.2, 0.25) is 5.91 Å². The van der Waals surface area contributed by atoms with Crippen molar-refractivity contribution in [1.82, 2.24) is 10.3 Å². The van der Waals surface area contributed by atoms with Gasteiger partial charge in [-0.2, -0.15) is 4.98 Å². The summed E-state index contributed by atoms with van der Waals surface area (Å²) >= 11 is 0. The molecule has 1 unspecified atom stereocenters. The van der Waals surface area contributed by atoms with Crippen molar-refractivity contribution in [2.45, 2.75) is 32.9 Å². The quantitative estimate of drug-likeness (QED) is 0.730. The number of amides is 1. The van der Waals surface area contributed by atoms with E-state index in [9.17, 15) is 4.79 Å². The number of nitrogens with one attached hydrogen (secondary N) is 2. The van der Waals surface area contributed by atoms with Gasteiger partial charge in [0.25, 0.3) is 6.01 Å². The molecule has 1 aromatic heterocycles. The van der Waals surface area contributed by atoms with Crippen molar-refractivity contribution < 1.29 is 9.21 Å². The Kier molecular flexibility index (Phi) is 3.59. The van der Waals surface area contributed by atoms with Crippen molar-refractivity contribution in [1.29, 1.82) is 0 Å². The third-order valence-electron chi connectivity index (χ3n) is 2.58. The first kappa shape index (κ1) is 13.2. The monoisotopic (exact) mass is 262 g/mol. The van der Waals surface area contributed by atoms with E-state index in [0.29, 0.717) is 22.8 Å². The Morgan fingerprint density at radius 3 is 2.79 bits per heavy atom. The van der Waals surface area contributed by atoms with E-state index in [1.807, 2.05) is 13.8 Å². The number of nitrogens with zero attached hydrogens (tertiary/aromatic N) is 1. The lowest BCUT2D eigenvalue weighted by molar-refractivity contribution is -0.122. The molecule has 0 fully saturated rings. The van der Waals surface area contributed by atoms with Crippen LogP contribution >= 0.6 is 0 Å². The van der Waals surface area contributed by atoms with Crippen LogP contribution in [-0.2, 0) is 4.79 Å². The fraction of sp³-hybridized carbons (Fsp3) is 0.385. The maximum absolute atomic E-state index is 11.8. The first-order valence-corrected chi connectivity index (χ1v) is 6.18. The molecule has 0 aliphatic heterocycles. The maximum atomic E-state index is 11.8. The summed E-state index contributed by atoms with van der Waals surface area (Å²) in [7, 11) is 0. The average Bonchev–Trinajstić information content (AvgIpc) is 2.69. The Balaban J connectivity index is 2.10. The van der Waals surface area contributed by atoms with Gasteiger partial charge in [-0.25, -0.2) is 0 Å². The SMILES string of the molecule is CC(C)NC(=O)C(C)Nc1nc2cc(N)ccc2o1. The molecule has 0 bridgehead atoms. The van der Waals surface area contributed by atoms with Crippen molar-refractivity contribution in [3.63, 3.8) is 0 Å². The highest BCUT2D eigenvalue weighted by atomic mass is 16.4. The fourth-order valence-electron chi connectivity index (χ4n) is 1.67. The summed E-state index contributed by atoms with van der Waals surface area (Å²) < 4.78 is 5.49. The van der Waals surface area contributed by atoms with Gasteiger partial charge in [0.05, 0.1) is 0 Å². The molecule has 0 radical (unpaired) electrons. The van der Waals surface area contributed by atoms with Crippen LogP contribution in [-0.4, -0.2) is 23.0 Å². The van der Waals surface area contributed by atoms with E-state index < -0.39 is 6.04 Å². The topological polar surface area (TPSA) is 93.2 Å². The molecule has 0 saturated heterocycles. The number of rotatable bonds is 4. The van der Waals surface area contributed by atoms with E-state index in [2.05, 4.69) is 15.6 Å². The molecule has 4 N–H and O–H groups in total. The zero-order valence-corrected chi connectivity index (χ0v) is 11.2. The second-order valence-corrected chi connectivity index (χ2v) is 4.78. The molecule has 2 rings (SSSR count). The van der Waals surface area contributed by atoms with Crippen molar-refractivity contribution in [3.05, 3.63) is 18.2 Å². The summed E-state index contributed by atoms with van der Waals surface area (Å²) in [6.45, 7) is 5.57. The summed E-state index contributed by atoms with van der Waals surface area (Å²) in [5.41, 5.74) is 7.59. The molecule has 0 aliphatic carbocycles. The normalized spacial score (nSPS) is 12.6. The van der Waals surface area contributed by atoms with Crippen molar-refractivity contribution in [3.8, 4) is 0 Å². The van der Waals surface area contributed by atoms with Crippen LogP contribution in [0.3, 0.4) is 0 Å². The van der Waals surface area contributed by atoms with E-state index in [1.165, 1.54) is 0 Å². The van der Waals surface area contributed by atoms with Gasteiger partial charge in [0.1, 0.15) is 11.6 Å². The van der Waals surface area contributed by atoms with Gasteiger partial charge in [0.15, 0.2) is 5.58 Å². The number of benzene rings is 1. The molecule has 0 saturated carbocycles. The lowest BCUT2D eigenvalue weighted by atomic mass is 10.3. The molecule has 1 amide bonds. The molecule has 6 nitrogen and oxygen atoms in total. The predicted octanol–water partition coefficient (Wildman–Crippen LogP) is 1.73. The Labute approximate surface area is 111 Å². The minimum Gasteiger partial charge on any atom is -0.424 e. The van der Waals surface area contributed by atoms with Crippen molar-refractivity contribution in [2.75, 3.05) is 11.1 Å². The Bertz CT molecular complexity index is 591. The molecular weight excluding hydrogens is 244 g/mol. The zero-order valence-electron chi connectivity index (χ0n) is 11.2. The molecule has 1 aromatic carbocycles. The van der Waals surface area contributed by atoms with Crippen LogP contribution in [0.15, 0.2) is 22.6 Å². The highest BCUT2D eigenvalue weighted by Gasteiger charge is 2.16. The van der Waals surface area contributed by atoms with Gasteiger partial charge in [-0.3, -0.25) is 4.79 Å². The summed E-state index contributed by atoms with van der Waals surface area (Å²) in [6, 6.07) is 5.21. The third kappa shape index (κ3) is 3.15. The van der Waals surface area contributed by atoms with Crippen LogP contribution < -0.4 is 16.4 Å². The number of nitrogens with two attached hydrogens (primary N) is 1. The zero-order chi connectivity index (χ0) is 14.0.